The van der Waals surface area contributed by atoms with Gasteiger partial charge >= 0.3 is 0 Å². The molecule has 0 amide bonds. The number of halogens is 1. The molecule has 2 nitrogen and oxygen atoms in total. The summed E-state index contributed by atoms with van der Waals surface area (Å²) in [6.07, 6.45) is 1.54. The predicted molar refractivity (Wildman–Crippen MR) is 80.4 cm³/mol. The minimum atomic E-state index is 0.129. The quantitative estimate of drug-likeness (QED) is 0.688. The van der Waals surface area contributed by atoms with Crippen molar-refractivity contribution in [2.45, 2.75) is 18.8 Å². The number of hydrogen-bond donors (Lipinski definition) is 1. The molecule has 3 rings (SSSR count). The van der Waals surface area contributed by atoms with Crippen LogP contribution in [0, 0.1) is 0 Å². The molecule has 0 bridgehead atoms. The third kappa shape index (κ3) is 2.30. The van der Waals surface area contributed by atoms with Gasteiger partial charge in [0, 0.05) is 22.1 Å². The highest BCUT2D eigenvalue weighted by atomic mass is 79.9. The van der Waals surface area contributed by atoms with Crippen LogP contribution in [0.5, 0.6) is 0 Å². The maximum Gasteiger partial charge on any atom is 0.165 e. The molecular formula is C16H14BrNO. The number of nitrogens with two attached hydrogens (primary N) is 1. The number of fused-ring (bicyclic) bond motifs is 1. The van der Waals surface area contributed by atoms with Gasteiger partial charge in [-0.25, -0.2) is 0 Å². The van der Waals surface area contributed by atoms with Crippen LogP contribution >= 0.6 is 15.9 Å². The number of benzene rings is 2. The molecule has 0 radical (unpaired) electrons. The molecule has 0 fully saturated rings. The lowest BCUT2D eigenvalue weighted by Gasteiger charge is -2.29. The lowest BCUT2D eigenvalue weighted by molar-refractivity contribution is 0.0971. The number of ketones is 1. The second kappa shape index (κ2) is 4.82. The second-order valence-electron chi connectivity index (χ2n) is 4.96. The Kier molecular flexibility index (Phi) is 3.15. The van der Waals surface area contributed by atoms with Gasteiger partial charge in [-0.05, 0) is 41.7 Å². The molecule has 1 unspecified atom stereocenters. The van der Waals surface area contributed by atoms with Crippen LogP contribution in [0.3, 0.4) is 0 Å². The summed E-state index contributed by atoms with van der Waals surface area (Å²) >= 11 is 3.35. The summed E-state index contributed by atoms with van der Waals surface area (Å²) in [5, 5.41) is 0. The zero-order chi connectivity index (χ0) is 13.4. The molecular weight excluding hydrogens is 302 g/mol. The molecule has 1 aliphatic rings. The molecule has 0 heterocycles. The first-order chi connectivity index (χ1) is 9.15. The monoisotopic (exact) mass is 315 g/mol. The van der Waals surface area contributed by atoms with Crippen molar-refractivity contribution in [3.8, 4) is 0 Å². The van der Waals surface area contributed by atoms with E-state index in [4.69, 9.17) is 5.73 Å². The fourth-order valence-electron chi connectivity index (χ4n) is 2.67. The van der Waals surface area contributed by atoms with Crippen LogP contribution in [0.1, 0.15) is 33.8 Å². The third-order valence-electron chi connectivity index (χ3n) is 3.71. The summed E-state index contributed by atoms with van der Waals surface area (Å²) < 4.78 is 0.899. The minimum absolute atomic E-state index is 0.129. The molecule has 96 valence electrons. The number of nitrogen functional groups attached to an aromatic ring is 1. The summed E-state index contributed by atoms with van der Waals surface area (Å²) in [6, 6.07) is 13.8. The van der Waals surface area contributed by atoms with Crippen molar-refractivity contribution in [1.82, 2.24) is 0 Å². The Morgan fingerprint density at radius 3 is 2.79 bits per heavy atom. The van der Waals surface area contributed by atoms with Crippen LogP contribution in [-0.2, 0) is 6.42 Å². The molecule has 2 aromatic carbocycles. The lowest BCUT2D eigenvalue weighted by atomic mass is 9.74. The van der Waals surface area contributed by atoms with Crippen molar-refractivity contribution in [1.29, 1.82) is 0 Å². The van der Waals surface area contributed by atoms with Crippen molar-refractivity contribution < 1.29 is 4.79 Å². The number of carbonyl (C=O) groups excluding carboxylic acids is 1. The molecule has 1 atom stereocenters. The molecule has 0 aromatic heterocycles. The number of hydrogen-bond acceptors (Lipinski definition) is 2. The second-order valence-corrected chi connectivity index (χ2v) is 5.87. The van der Waals surface area contributed by atoms with E-state index in [1.165, 1.54) is 11.1 Å². The Bertz CT molecular complexity index is 651. The molecule has 19 heavy (non-hydrogen) atoms. The Balaban J connectivity index is 1.77. The van der Waals surface area contributed by atoms with E-state index in [0.29, 0.717) is 23.6 Å². The van der Waals surface area contributed by atoms with Crippen LogP contribution in [-0.4, -0.2) is 5.78 Å². The van der Waals surface area contributed by atoms with E-state index in [-0.39, 0.29) is 5.78 Å². The normalized spacial score (nSPS) is 16.6. The Hall–Kier alpha value is -1.61. The number of rotatable bonds is 3. The Morgan fingerprint density at radius 1 is 1.26 bits per heavy atom. The van der Waals surface area contributed by atoms with Gasteiger partial charge in [-0.2, -0.15) is 0 Å². The highest BCUT2D eigenvalue weighted by molar-refractivity contribution is 9.10. The minimum Gasteiger partial charge on any atom is -0.398 e. The van der Waals surface area contributed by atoms with Gasteiger partial charge in [0.05, 0.1) is 0 Å². The van der Waals surface area contributed by atoms with Crippen molar-refractivity contribution in [3.05, 3.63) is 63.6 Å². The van der Waals surface area contributed by atoms with Crippen molar-refractivity contribution in [2.24, 2.45) is 0 Å². The van der Waals surface area contributed by atoms with Crippen LogP contribution in [0.25, 0.3) is 0 Å². The highest BCUT2D eigenvalue weighted by Gasteiger charge is 2.28. The van der Waals surface area contributed by atoms with Gasteiger partial charge in [0.15, 0.2) is 5.78 Å². The van der Waals surface area contributed by atoms with E-state index in [9.17, 15) is 4.79 Å². The number of Topliss-reactive ketones (excluding diaryl/α,β-unsaturated/α-hetero) is 1. The molecule has 2 aromatic rings. The largest absolute Gasteiger partial charge is 0.398 e. The fourth-order valence-corrected chi connectivity index (χ4v) is 3.04. The van der Waals surface area contributed by atoms with Crippen LogP contribution in [0.2, 0.25) is 0 Å². The van der Waals surface area contributed by atoms with E-state index in [0.717, 1.165) is 10.9 Å². The van der Waals surface area contributed by atoms with E-state index < -0.39 is 0 Å². The first-order valence-corrected chi connectivity index (χ1v) is 7.10. The number of anilines is 1. The predicted octanol–water partition coefficient (Wildman–Crippen LogP) is 3.94. The zero-order valence-electron chi connectivity index (χ0n) is 10.4. The first kappa shape index (κ1) is 12.4. The molecule has 2 N–H and O–H groups in total. The number of carbonyl (C=O) groups is 1. The average molecular weight is 316 g/mol. The van der Waals surface area contributed by atoms with Gasteiger partial charge in [0.1, 0.15) is 0 Å². The van der Waals surface area contributed by atoms with Gasteiger partial charge in [-0.3, -0.25) is 4.79 Å². The SMILES string of the molecule is Nc1cc(Br)ccc1C(=O)CC1Cc2ccccc21. The topological polar surface area (TPSA) is 43.1 Å². The highest BCUT2D eigenvalue weighted by Crippen LogP contribution is 2.38. The van der Waals surface area contributed by atoms with Crippen LogP contribution in [0.4, 0.5) is 5.69 Å². The summed E-state index contributed by atoms with van der Waals surface area (Å²) in [5.41, 5.74) is 9.76. The molecule has 0 spiro atoms. The molecule has 3 heteroatoms. The van der Waals surface area contributed by atoms with Gasteiger partial charge < -0.3 is 5.73 Å². The molecule has 0 saturated carbocycles. The molecule has 1 aliphatic carbocycles. The average Bonchev–Trinajstić information content (AvgIpc) is 2.35. The smallest absolute Gasteiger partial charge is 0.165 e. The maximum absolute atomic E-state index is 12.3. The van der Waals surface area contributed by atoms with E-state index in [1.54, 1.807) is 12.1 Å². The van der Waals surface area contributed by atoms with Gasteiger partial charge in [0.2, 0.25) is 0 Å². The van der Waals surface area contributed by atoms with Crippen molar-refractivity contribution >= 4 is 27.4 Å². The summed E-state index contributed by atoms with van der Waals surface area (Å²) in [5.74, 6) is 0.483. The summed E-state index contributed by atoms with van der Waals surface area (Å²) in [7, 11) is 0. The Morgan fingerprint density at radius 2 is 2.05 bits per heavy atom. The summed E-state index contributed by atoms with van der Waals surface area (Å²) in [4.78, 5) is 12.3. The van der Waals surface area contributed by atoms with Gasteiger partial charge in [-0.15, -0.1) is 0 Å². The van der Waals surface area contributed by atoms with Crippen molar-refractivity contribution in [2.75, 3.05) is 5.73 Å². The van der Waals surface area contributed by atoms with Crippen LogP contribution < -0.4 is 5.73 Å². The summed E-state index contributed by atoms with van der Waals surface area (Å²) in [6.45, 7) is 0. The molecule has 0 aliphatic heterocycles. The third-order valence-corrected chi connectivity index (χ3v) is 4.20. The lowest BCUT2D eigenvalue weighted by Crippen LogP contribution is -2.20. The maximum atomic E-state index is 12.3. The van der Waals surface area contributed by atoms with E-state index in [1.807, 2.05) is 18.2 Å². The van der Waals surface area contributed by atoms with Gasteiger partial charge in [0.25, 0.3) is 0 Å². The standard InChI is InChI=1S/C16H14BrNO/c17-12-5-6-14(15(18)9-12)16(19)8-11-7-10-3-1-2-4-13(10)11/h1-6,9,11H,7-8,18H2. The first-order valence-electron chi connectivity index (χ1n) is 6.31. The van der Waals surface area contributed by atoms with Crippen molar-refractivity contribution in [3.63, 3.8) is 0 Å². The molecule has 0 saturated heterocycles. The van der Waals surface area contributed by atoms with Crippen LogP contribution in [0.15, 0.2) is 46.9 Å². The van der Waals surface area contributed by atoms with E-state index in [2.05, 4.69) is 28.1 Å². The fraction of sp³-hybridized carbons (Fsp3) is 0.188. The zero-order valence-corrected chi connectivity index (χ0v) is 12.0. The Labute approximate surface area is 120 Å². The van der Waals surface area contributed by atoms with Gasteiger partial charge in [-0.1, -0.05) is 40.2 Å². The van der Waals surface area contributed by atoms with E-state index >= 15 is 0 Å².